The van der Waals surface area contributed by atoms with Crippen LogP contribution in [0.3, 0.4) is 0 Å². The summed E-state index contributed by atoms with van der Waals surface area (Å²) in [6, 6.07) is 20.5. The van der Waals surface area contributed by atoms with Crippen molar-refractivity contribution >= 4 is 17.7 Å². The fraction of sp³-hybridized carbons (Fsp3) is 0.316. The lowest BCUT2D eigenvalue weighted by Crippen LogP contribution is -2.33. The summed E-state index contributed by atoms with van der Waals surface area (Å²) in [5.41, 5.74) is 2.51. The summed E-state index contributed by atoms with van der Waals surface area (Å²) < 4.78 is 0. The molecule has 0 saturated heterocycles. The third-order valence-corrected chi connectivity index (χ3v) is 4.88. The Kier molecular flexibility index (Phi) is 6.53. The molecule has 0 saturated carbocycles. The van der Waals surface area contributed by atoms with Crippen molar-refractivity contribution in [1.29, 1.82) is 0 Å². The van der Waals surface area contributed by atoms with E-state index in [9.17, 15) is 4.79 Å². The first kappa shape index (κ1) is 16.6. The number of hydrogen-bond donors (Lipinski definition) is 1. The van der Waals surface area contributed by atoms with Gasteiger partial charge in [0, 0.05) is 12.3 Å². The first-order chi connectivity index (χ1) is 10.7. The van der Waals surface area contributed by atoms with Gasteiger partial charge < -0.3 is 5.32 Å². The van der Waals surface area contributed by atoms with Gasteiger partial charge in [-0.15, -0.1) is 11.8 Å². The molecule has 22 heavy (non-hydrogen) atoms. The van der Waals surface area contributed by atoms with E-state index in [4.69, 9.17) is 0 Å². The molecular formula is C19H23NOS. The van der Waals surface area contributed by atoms with Crippen molar-refractivity contribution in [3.05, 3.63) is 71.8 Å². The van der Waals surface area contributed by atoms with Gasteiger partial charge in [0.2, 0.25) is 5.91 Å². The van der Waals surface area contributed by atoms with Crippen molar-refractivity contribution in [3.63, 3.8) is 0 Å². The largest absolute Gasteiger partial charge is 0.355 e. The number of hydrogen-bond acceptors (Lipinski definition) is 2. The van der Waals surface area contributed by atoms with E-state index in [-0.39, 0.29) is 11.2 Å². The number of benzene rings is 2. The Bertz CT molecular complexity index is 571. The Balaban J connectivity index is 1.74. The van der Waals surface area contributed by atoms with Gasteiger partial charge in [-0.2, -0.15) is 0 Å². The summed E-state index contributed by atoms with van der Waals surface area (Å²) >= 11 is 1.67. The average molecular weight is 313 g/mol. The van der Waals surface area contributed by atoms with Crippen LogP contribution in [-0.4, -0.2) is 17.7 Å². The molecule has 0 aliphatic carbocycles. The summed E-state index contributed by atoms with van der Waals surface area (Å²) in [6.07, 6.45) is 0. The zero-order chi connectivity index (χ0) is 15.8. The second kappa shape index (κ2) is 8.64. The maximum atomic E-state index is 12.2. The highest BCUT2D eigenvalue weighted by atomic mass is 32.2. The first-order valence-corrected chi connectivity index (χ1v) is 8.70. The van der Waals surface area contributed by atoms with Crippen LogP contribution < -0.4 is 5.32 Å². The fourth-order valence-electron chi connectivity index (χ4n) is 2.17. The van der Waals surface area contributed by atoms with Gasteiger partial charge in [0.25, 0.3) is 0 Å². The van der Waals surface area contributed by atoms with Gasteiger partial charge >= 0.3 is 0 Å². The van der Waals surface area contributed by atoms with Crippen LogP contribution in [0.4, 0.5) is 0 Å². The lowest BCUT2D eigenvalue weighted by Gasteiger charge is -2.16. The van der Waals surface area contributed by atoms with Crippen LogP contribution in [0.25, 0.3) is 0 Å². The van der Waals surface area contributed by atoms with Gasteiger partial charge in [-0.1, -0.05) is 67.6 Å². The molecule has 0 unspecified atom stereocenters. The third-order valence-electron chi connectivity index (χ3n) is 3.66. The zero-order valence-corrected chi connectivity index (χ0v) is 14.0. The van der Waals surface area contributed by atoms with E-state index in [0.29, 0.717) is 12.5 Å². The highest BCUT2D eigenvalue weighted by molar-refractivity contribution is 7.99. The van der Waals surface area contributed by atoms with Gasteiger partial charge in [-0.3, -0.25) is 4.79 Å². The van der Waals surface area contributed by atoms with E-state index < -0.39 is 0 Å². The molecule has 3 heteroatoms. The van der Waals surface area contributed by atoms with Crippen LogP contribution in [0, 0.1) is 0 Å². The molecule has 1 N–H and O–H groups in total. The summed E-state index contributed by atoms with van der Waals surface area (Å²) in [4.78, 5) is 12.2. The van der Waals surface area contributed by atoms with Gasteiger partial charge in [0.05, 0.1) is 5.25 Å². The standard InChI is InChI=1S/C19H23NOS/c1-15(18-11-7-4-8-12-18)13-20-19(21)16(2)22-14-17-9-5-3-6-10-17/h3-12,15-16H,13-14H2,1-2H3,(H,20,21)/t15-,16+/m0/s1. The molecule has 0 spiro atoms. The van der Waals surface area contributed by atoms with E-state index in [2.05, 4.69) is 36.5 Å². The first-order valence-electron chi connectivity index (χ1n) is 7.65. The van der Waals surface area contributed by atoms with Gasteiger partial charge in [-0.25, -0.2) is 0 Å². The molecule has 0 bridgehead atoms. The number of rotatable bonds is 7. The molecule has 0 fully saturated rings. The number of thioether (sulfide) groups is 1. The number of nitrogens with one attached hydrogen (secondary N) is 1. The minimum atomic E-state index is -0.0387. The SMILES string of the molecule is C[C@@H](SCc1ccccc1)C(=O)NC[C@H](C)c1ccccc1. The molecule has 0 aliphatic rings. The van der Waals surface area contributed by atoms with Gasteiger partial charge in [-0.05, 0) is 24.0 Å². The van der Waals surface area contributed by atoms with Crippen molar-refractivity contribution in [2.45, 2.75) is 30.8 Å². The molecule has 2 aromatic carbocycles. The highest BCUT2D eigenvalue weighted by Gasteiger charge is 2.14. The third kappa shape index (κ3) is 5.23. The van der Waals surface area contributed by atoms with Crippen molar-refractivity contribution < 1.29 is 4.79 Å². The van der Waals surface area contributed by atoms with E-state index in [1.54, 1.807) is 11.8 Å². The molecule has 0 aliphatic heterocycles. The lowest BCUT2D eigenvalue weighted by atomic mass is 10.0. The van der Waals surface area contributed by atoms with E-state index in [1.807, 2.05) is 43.3 Å². The maximum Gasteiger partial charge on any atom is 0.232 e. The minimum Gasteiger partial charge on any atom is -0.355 e. The van der Waals surface area contributed by atoms with Crippen LogP contribution >= 0.6 is 11.8 Å². The van der Waals surface area contributed by atoms with Crippen molar-refractivity contribution in [2.24, 2.45) is 0 Å². The Morgan fingerprint density at radius 2 is 1.59 bits per heavy atom. The molecule has 0 heterocycles. The van der Waals surface area contributed by atoms with Gasteiger partial charge in [0.1, 0.15) is 0 Å². The van der Waals surface area contributed by atoms with Crippen LogP contribution in [0.15, 0.2) is 60.7 Å². The molecule has 2 atom stereocenters. The Morgan fingerprint density at radius 3 is 2.23 bits per heavy atom. The second-order valence-electron chi connectivity index (χ2n) is 5.50. The maximum absolute atomic E-state index is 12.2. The number of carbonyl (C=O) groups excluding carboxylic acids is 1. The van der Waals surface area contributed by atoms with Crippen molar-refractivity contribution in [1.82, 2.24) is 5.32 Å². The topological polar surface area (TPSA) is 29.1 Å². The Hall–Kier alpha value is -1.74. The monoisotopic (exact) mass is 313 g/mol. The predicted octanol–water partition coefficient (Wildman–Crippen LogP) is 4.23. The molecule has 2 nitrogen and oxygen atoms in total. The summed E-state index contributed by atoms with van der Waals surface area (Å²) in [5, 5.41) is 3.02. The Morgan fingerprint density at radius 1 is 1.00 bits per heavy atom. The van der Waals surface area contributed by atoms with Crippen molar-refractivity contribution in [2.75, 3.05) is 6.54 Å². The van der Waals surface area contributed by atoms with Crippen LogP contribution in [-0.2, 0) is 10.5 Å². The lowest BCUT2D eigenvalue weighted by molar-refractivity contribution is -0.120. The van der Waals surface area contributed by atoms with Crippen LogP contribution in [0.5, 0.6) is 0 Å². The molecule has 116 valence electrons. The van der Waals surface area contributed by atoms with Crippen LogP contribution in [0.1, 0.15) is 30.9 Å². The molecule has 1 amide bonds. The fourth-order valence-corrected chi connectivity index (χ4v) is 3.04. The molecule has 0 radical (unpaired) electrons. The summed E-state index contributed by atoms with van der Waals surface area (Å²) in [5.74, 6) is 1.31. The average Bonchev–Trinajstić information content (AvgIpc) is 2.58. The summed E-state index contributed by atoms with van der Waals surface area (Å²) in [6.45, 7) is 4.78. The summed E-state index contributed by atoms with van der Waals surface area (Å²) in [7, 11) is 0. The predicted molar refractivity (Wildman–Crippen MR) is 95.1 cm³/mol. The highest BCUT2D eigenvalue weighted by Crippen LogP contribution is 2.18. The molecule has 2 aromatic rings. The van der Waals surface area contributed by atoms with Crippen LogP contribution in [0.2, 0.25) is 0 Å². The number of amides is 1. The molecule has 2 rings (SSSR count). The second-order valence-corrected chi connectivity index (χ2v) is 6.82. The minimum absolute atomic E-state index is 0.0387. The van der Waals surface area contributed by atoms with E-state index in [1.165, 1.54) is 11.1 Å². The van der Waals surface area contributed by atoms with Crippen molar-refractivity contribution in [3.8, 4) is 0 Å². The van der Waals surface area contributed by atoms with E-state index in [0.717, 1.165) is 5.75 Å². The zero-order valence-electron chi connectivity index (χ0n) is 13.2. The molecule has 0 aromatic heterocycles. The quantitative estimate of drug-likeness (QED) is 0.829. The normalized spacial score (nSPS) is 13.4. The smallest absolute Gasteiger partial charge is 0.232 e. The Labute approximate surface area is 137 Å². The molecular weight excluding hydrogens is 290 g/mol. The number of carbonyl (C=O) groups is 1. The van der Waals surface area contributed by atoms with E-state index >= 15 is 0 Å². The van der Waals surface area contributed by atoms with Gasteiger partial charge in [0.15, 0.2) is 0 Å².